The summed E-state index contributed by atoms with van der Waals surface area (Å²) >= 11 is 0. The minimum Gasteiger partial charge on any atom is -0.394 e. The maximum atomic E-state index is 13.4. The van der Waals surface area contributed by atoms with E-state index in [1.807, 2.05) is 6.08 Å². The highest BCUT2D eigenvalue weighted by Gasteiger charge is 2.54. The summed E-state index contributed by atoms with van der Waals surface area (Å²) in [5.41, 5.74) is 0. The Kier molecular flexibility index (Phi) is 57.3. The molecule has 0 radical (unpaired) electrons. The molecule has 12 N–H and O–H groups in total. The van der Waals surface area contributed by atoms with E-state index in [0.29, 0.717) is 12.8 Å². The lowest BCUT2D eigenvalue weighted by atomic mass is 9.96. The van der Waals surface area contributed by atoms with Crippen molar-refractivity contribution in [2.75, 3.05) is 26.4 Å². The third kappa shape index (κ3) is 41.8. The van der Waals surface area contributed by atoms with Crippen LogP contribution in [-0.4, -0.2) is 193 Å². The van der Waals surface area contributed by atoms with Gasteiger partial charge in [0.1, 0.15) is 73.2 Å². The number of allylic oxidation sites excluding steroid dienone is 5. The van der Waals surface area contributed by atoms with Crippen LogP contribution in [-0.2, 0) is 33.2 Å². The number of amides is 1. The van der Waals surface area contributed by atoms with Gasteiger partial charge in [-0.2, -0.15) is 0 Å². The standard InChI is InChI=1S/C81H151NO18/c1-3-5-7-9-11-13-15-17-19-21-22-23-24-25-26-27-28-29-30-31-32-33-34-35-36-37-38-39-40-41-42-43-45-47-49-51-53-55-57-59-69(87)82-64(65(86)58-56-54-52-50-48-46-44-20-18-16-14-12-10-8-6-4-2)63-95-79-75(93)72(90)77(67(61-84)97-79)100-81-76(94)73(91)78(68(62-85)98-81)99-80-74(92)71(89)70(88)66(60-83)96-80/h18,20,48,50,56,58,64-68,70-81,83-86,88-94H,3-17,19,21-47,49,51-55,57,59-63H2,1-2H3,(H,82,87)/b20-18+,50-48+,58-56+. The van der Waals surface area contributed by atoms with E-state index >= 15 is 0 Å². The van der Waals surface area contributed by atoms with Crippen LogP contribution in [0.5, 0.6) is 0 Å². The van der Waals surface area contributed by atoms with Crippen LogP contribution in [0, 0.1) is 0 Å². The summed E-state index contributed by atoms with van der Waals surface area (Å²) < 4.78 is 34.4. The molecule has 3 rings (SSSR count). The lowest BCUT2D eigenvalue weighted by molar-refractivity contribution is -0.379. The molecule has 0 saturated carbocycles. The van der Waals surface area contributed by atoms with Gasteiger partial charge >= 0.3 is 0 Å². The minimum atomic E-state index is -1.98. The highest BCUT2D eigenvalue weighted by molar-refractivity contribution is 5.76. The SMILES string of the molecule is CCCCCCCC/C=C/CC/C=C/CC/C=C/C(O)C(COC1OC(CO)C(OC2OC(CO)C(OC3OC(CO)C(O)C(O)C3O)C(O)C2O)C(O)C1O)NC(=O)CCCCCCCCCCCCCCCCCCCCCCCCCCCCCCCCCCCCCCCCC. The number of ether oxygens (including phenoxy) is 6. The molecule has 19 heteroatoms. The number of hydrogen-bond donors (Lipinski definition) is 12. The van der Waals surface area contributed by atoms with Gasteiger partial charge in [-0.25, -0.2) is 0 Å². The van der Waals surface area contributed by atoms with Gasteiger partial charge in [0.25, 0.3) is 0 Å². The molecule has 0 bridgehead atoms. The second-order valence-corrected chi connectivity index (χ2v) is 29.6. The first-order valence-corrected chi connectivity index (χ1v) is 41.2. The Balaban J connectivity index is 1.29. The maximum absolute atomic E-state index is 13.4. The van der Waals surface area contributed by atoms with Crippen LogP contribution in [0.3, 0.4) is 0 Å². The van der Waals surface area contributed by atoms with E-state index in [4.69, 9.17) is 28.4 Å². The lowest BCUT2D eigenvalue weighted by Gasteiger charge is -2.48. The first-order valence-electron chi connectivity index (χ1n) is 41.2. The van der Waals surface area contributed by atoms with Crippen molar-refractivity contribution < 1.29 is 89.4 Å². The molecule has 0 aromatic carbocycles. The van der Waals surface area contributed by atoms with Crippen LogP contribution < -0.4 is 5.32 Å². The average Bonchev–Trinajstić information content (AvgIpc) is 0.783. The van der Waals surface area contributed by atoms with E-state index < -0.39 is 124 Å². The van der Waals surface area contributed by atoms with E-state index in [1.54, 1.807) is 6.08 Å². The van der Waals surface area contributed by atoms with Gasteiger partial charge in [-0.3, -0.25) is 4.79 Å². The van der Waals surface area contributed by atoms with Gasteiger partial charge in [-0.1, -0.05) is 326 Å². The number of rotatable bonds is 66. The number of nitrogens with one attached hydrogen (secondary N) is 1. The monoisotopic (exact) mass is 1430 g/mol. The Morgan fingerprint density at radius 2 is 0.640 bits per heavy atom. The summed E-state index contributed by atoms with van der Waals surface area (Å²) in [6.45, 7) is 1.73. The van der Waals surface area contributed by atoms with E-state index in [-0.39, 0.29) is 18.9 Å². The number of aliphatic hydroxyl groups excluding tert-OH is 11. The van der Waals surface area contributed by atoms with Crippen LogP contribution in [0.15, 0.2) is 36.5 Å². The van der Waals surface area contributed by atoms with E-state index in [2.05, 4.69) is 43.5 Å². The van der Waals surface area contributed by atoms with Crippen molar-refractivity contribution in [2.45, 2.75) is 446 Å². The summed E-state index contributed by atoms with van der Waals surface area (Å²) in [7, 11) is 0. The summed E-state index contributed by atoms with van der Waals surface area (Å²) in [5.74, 6) is -0.284. The van der Waals surface area contributed by atoms with Crippen LogP contribution >= 0.6 is 0 Å². The fourth-order valence-electron chi connectivity index (χ4n) is 14.1. The van der Waals surface area contributed by atoms with Crippen molar-refractivity contribution in [1.82, 2.24) is 5.32 Å². The smallest absolute Gasteiger partial charge is 0.220 e. The van der Waals surface area contributed by atoms with Gasteiger partial charge in [0.15, 0.2) is 18.9 Å². The molecule has 3 heterocycles. The van der Waals surface area contributed by atoms with Gasteiger partial charge < -0.3 is 89.9 Å². The first kappa shape index (κ1) is 92.2. The second-order valence-electron chi connectivity index (χ2n) is 29.6. The van der Waals surface area contributed by atoms with Crippen molar-refractivity contribution in [3.8, 4) is 0 Å². The normalized spacial score (nSPS) is 26.6. The maximum Gasteiger partial charge on any atom is 0.220 e. The third-order valence-corrected chi connectivity index (χ3v) is 20.7. The van der Waals surface area contributed by atoms with E-state index in [1.165, 1.54) is 263 Å². The second kappa shape index (κ2) is 62.1. The fourth-order valence-corrected chi connectivity index (χ4v) is 14.1. The Hall–Kier alpha value is -1.99. The van der Waals surface area contributed by atoms with Gasteiger partial charge in [0.2, 0.25) is 5.91 Å². The number of carbonyl (C=O) groups excluding carboxylic acids is 1. The zero-order valence-electron chi connectivity index (χ0n) is 62.9. The highest BCUT2D eigenvalue weighted by Crippen LogP contribution is 2.33. The Morgan fingerprint density at radius 3 is 1.00 bits per heavy atom. The topological polar surface area (TPSA) is 307 Å². The predicted molar refractivity (Wildman–Crippen MR) is 397 cm³/mol. The fraction of sp³-hybridized carbons (Fsp3) is 0.914. The van der Waals surface area contributed by atoms with Crippen LogP contribution in [0.25, 0.3) is 0 Å². The highest BCUT2D eigenvalue weighted by atomic mass is 16.8. The molecule has 19 nitrogen and oxygen atoms in total. The van der Waals surface area contributed by atoms with Crippen LogP contribution in [0.2, 0.25) is 0 Å². The molecule has 588 valence electrons. The molecule has 1 amide bonds. The Morgan fingerprint density at radius 1 is 0.350 bits per heavy atom. The summed E-state index contributed by atoms with van der Waals surface area (Å²) in [6.07, 6.45) is 50.4. The number of hydrogen-bond acceptors (Lipinski definition) is 18. The Labute approximate surface area is 606 Å². The number of unbranched alkanes of at least 4 members (excludes halogenated alkanes) is 46. The molecule has 100 heavy (non-hydrogen) atoms. The van der Waals surface area contributed by atoms with Gasteiger partial charge in [-0.15, -0.1) is 0 Å². The Bertz CT molecular complexity index is 1950. The molecule has 3 fully saturated rings. The molecule has 0 aromatic rings. The van der Waals surface area contributed by atoms with Crippen molar-refractivity contribution >= 4 is 5.91 Å². The first-order chi connectivity index (χ1) is 48.8. The quantitative estimate of drug-likeness (QED) is 0.0199. The third-order valence-electron chi connectivity index (χ3n) is 20.7. The molecular weight excluding hydrogens is 1270 g/mol. The van der Waals surface area contributed by atoms with Crippen LogP contribution in [0.4, 0.5) is 0 Å². The van der Waals surface area contributed by atoms with Crippen molar-refractivity contribution in [3.05, 3.63) is 36.5 Å². The van der Waals surface area contributed by atoms with Crippen molar-refractivity contribution in [3.63, 3.8) is 0 Å². The average molecular weight is 1430 g/mol. The van der Waals surface area contributed by atoms with Crippen LogP contribution in [0.1, 0.15) is 341 Å². The molecule has 0 aliphatic carbocycles. The minimum absolute atomic E-state index is 0.236. The number of carbonyl (C=O) groups is 1. The van der Waals surface area contributed by atoms with Gasteiger partial charge in [0.05, 0.1) is 38.6 Å². The van der Waals surface area contributed by atoms with Gasteiger partial charge in [-0.05, 0) is 44.9 Å². The largest absolute Gasteiger partial charge is 0.394 e. The van der Waals surface area contributed by atoms with E-state index in [0.717, 1.165) is 44.9 Å². The zero-order valence-corrected chi connectivity index (χ0v) is 62.9. The molecular formula is C81H151NO18. The predicted octanol–water partition coefficient (Wildman–Crippen LogP) is 13.9. The molecule has 0 spiro atoms. The van der Waals surface area contributed by atoms with Crippen molar-refractivity contribution in [1.29, 1.82) is 0 Å². The summed E-state index contributed by atoms with van der Waals surface area (Å²) in [4.78, 5) is 13.4. The lowest BCUT2D eigenvalue weighted by Crippen LogP contribution is -2.66. The van der Waals surface area contributed by atoms with E-state index in [9.17, 15) is 61.0 Å². The summed E-state index contributed by atoms with van der Waals surface area (Å²) in [5, 5.41) is 121. The van der Waals surface area contributed by atoms with Gasteiger partial charge in [0, 0.05) is 6.42 Å². The molecule has 3 aliphatic rings. The molecule has 3 aliphatic heterocycles. The van der Waals surface area contributed by atoms with Crippen molar-refractivity contribution in [2.24, 2.45) is 0 Å². The molecule has 3 saturated heterocycles. The summed E-state index contributed by atoms with van der Waals surface area (Å²) in [6, 6.07) is -0.995. The molecule has 17 atom stereocenters. The molecule has 17 unspecified atom stereocenters. The number of aliphatic hydroxyl groups is 11. The molecule has 0 aromatic heterocycles. The zero-order chi connectivity index (χ0) is 72.5.